The monoisotopic (exact) mass is 425 g/mol. The van der Waals surface area contributed by atoms with Crippen LogP contribution in [-0.2, 0) is 4.79 Å². The van der Waals surface area contributed by atoms with Gasteiger partial charge < -0.3 is 10.2 Å². The number of carbonyl (C=O) groups excluding carboxylic acids is 1. The van der Waals surface area contributed by atoms with E-state index < -0.39 is 5.82 Å². The van der Waals surface area contributed by atoms with E-state index in [1.54, 1.807) is 12.1 Å². The summed E-state index contributed by atoms with van der Waals surface area (Å²) in [6.07, 6.45) is 0. The highest BCUT2D eigenvalue weighted by molar-refractivity contribution is 9.10. The highest BCUT2D eigenvalue weighted by Gasteiger charge is 2.19. The van der Waals surface area contributed by atoms with Crippen molar-refractivity contribution in [3.63, 3.8) is 0 Å². The Hall–Kier alpha value is -1.63. The average Bonchev–Trinajstić information content (AvgIpc) is 2.58. The highest BCUT2D eigenvalue weighted by Crippen LogP contribution is 2.21. The molecule has 0 aliphatic carbocycles. The van der Waals surface area contributed by atoms with Gasteiger partial charge in [-0.3, -0.25) is 9.69 Å². The van der Waals surface area contributed by atoms with Gasteiger partial charge in [0.1, 0.15) is 5.82 Å². The van der Waals surface area contributed by atoms with E-state index in [0.29, 0.717) is 4.47 Å². The zero-order chi connectivity index (χ0) is 17.8. The molecule has 3 rings (SSSR count). The lowest BCUT2D eigenvalue weighted by Crippen LogP contribution is -2.48. The van der Waals surface area contributed by atoms with Gasteiger partial charge in [0.2, 0.25) is 5.91 Å². The molecule has 0 aromatic heterocycles. The summed E-state index contributed by atoms with van der Waals surface area (Å²) in [6.45, 7) is 3.42. The number of nitrogens with one attached hydrogen (secondary N) is 1. The van der Waals surface area contributed by atoms with Crippen LogP contribution in [0.5, 0.6) is 0 Å². The molecule has 0 radical (unpaired) electrons. The number of carbonyl (C=O) groups is 1. The molecular formula is C18H18BrClFN3O. The van der Waals surface area contributed by atoms with Crippen LogP contribution in [0.2, 0.25) is 5.02 Å². The summed E-state index contributed by atoms with van der Waals surface area (Å²) in [7, 11) is 0. The number of anilines is 2. The molecule has 0 bridgehead atoms. The van der Waals surface area contributed by atoms with Crippen LogP contribution in [0.1, 0.15) is 0 Å². The fourth-order valence-electron chi connectivity index (χ4n) is 2.82. The summed E-state index contributed by atoms with van der Waals surface area (Å²) >= 11 is 9.24. The average molecular weight is 427 g/mol. The SMILES string of the molecule is O=C(CN1CCN(c2cccc(Cl)c2)CC1)Nc1ccc(Br)cc1F. The van der Waals surface area contributed by atoms with E-state index in [0.717, 1.165) is 36.9 Å². The van der Waals surface area contributed by atoms with Crippen LogP contribution in [0, 0.1) is 5.82 Å². The summed E-state index contributed by atoms with van der Waals surface area (Å²) < 4.78 is 14.4. The minimum atomic E-state index is -0.450. The van der Waals surface area contributed by atoms with Crippen molar-refractivity contribution in [2.75, 3.05) is 42.9 Å². The molecule has 4 nitrogen and oxygen atoms in total. The first-order chi connectivity index (χ1) is 12.0. The zero-order valence-corrected chi connectivity index (χ0v) is 15.9. The number of amides is 1. The number of rotatable bonds is 4. The minimum absolute atomic E-state index is 0.200. The Labute approximate surface area is 159 Å². The maximum atomic E-state index is 13.8. The third kappa shape index (κ3) is 4.93. The Kier molecular flexibility index (Phi) is 5.93. The minimum Gasteiger partial charge on any atom is -0.369 e. The van der Waals surface area contributed by atoms with Crippen LogP contribution in [0.3, 0.4) is 0 Å². The van der Waals surface area contributed by atoms with E-state index >= 15 is 0 Å². The van der Waals surface area contributed by atoms with Gasteiger partial charge in [-0.2, -0.15) is 0 Å². The van der Waals surface area contributed by atoms with Crippen molar-refractivity contribution in [1.29, 1.82) is 0 Å². The van der Waals surface area contributed by atoms with Crippen molar-refractivity contribution in [2.24, 2.45) is 0 Å². The van der Waals surface area contributed by atoms with E-state index in [-0.39, 0.29) is 18.1 Å². The predicted molar refractivity (Wildman–Crippen MR) is 103 cm³/mol. The molecule has 2 aromatic rings. The summed E-state index contributed by atoms with van der Waals surface area (Å²) in [5.41, 5.74) is 1.29. The summed E-state index contributed by atoms with van der Waals surface area (Å²) in [4.78, 5) is 16.5. The lowest BCUT2D eigenvalue weighted by Gasteiger charge is -2.35. The van der Waals surface area contributed by atoms with Gasteiger partial charge in [-0.15, -0.1) is 0 Å². The van der Waals surface area contributed by atoms with Crippen LogP contribution in [0.15, 0.2) is 46.9 Å². The summed E-state index contributed by atoms with van der Waals surface area (Å²) in [6, 6.07) is 12.3. The topological polar surface area (TPSA) is 35.6 Å². The Morgan fingerprint density at radius 2 is 1.92 bits per heavy atom. The highest BCUT2D eigenvalue weighted by atomic mass is 79.9. The maximum Gasteiger partial charge on any atom is 0.238 e. The van der Waals surface area contributed by atoms with Crippen molar-refractivity contribution in [1.82, 2.24) is 4.90 Å². The number of piperazine rings is 1. The van der Waals surface area contributed by atoms with Crippen molar-refractivity contribution in [3.05, 3.63) is 57.8 Å². The van der Waals surface area contributed by atoms with E-state index in [9.17, 15) is 9.18 Å². The first-order valence-electron chi connectivity index (χ1n) is 7.99. The Morgan fingerprint density at radius 1 is 1.16 bits per heavy atom. The zero-order valence-electron chi connectivity index (χ0n) is 13.5. The van der Waals surface area contributed by atoms with Gasteiger partial charge in [0.25, 0.3) is 0 Å². The van der Waals surface area contributed by atoms with Crippen molar-refractivity contribution < 1.29 is 9.18 Å². The number of benzene rings is 2. The Bertz CT molecular complexity index is 766. The van der Waals surface area contributed by atoms with Gasteiger partial charge in [0.05, 0.1) is 12.2 Å². The van der Waals surface area contributed by atoms with Gasteiger partial charge in [-0.25, -0.2) is 4.39 Å². The molecule has 7 heteroatoms. The van der Waals surface area contributed by atoms with Gasteiger partial charge in [0, 0.05) is 41.4 Å². The number of halogens is 3. The molecule has 1 saturated heterocycles. The quantitative estimate of drug-likeness (QED) is 0.803. The Morgan fingerprint density at radius 3 is 2.60 bits per heavy atom. The smallest absolute Gasteiger partial charge is 0.238 e. The molecule has 132 valence electrons. The predicted octanol–water partition coefficient (Wildman–Crippen LogP) is 4.00. The molecule has 1 fully saturated rings. The molecule has 1 aliphatic heterocycles. The van der Waals surface area contributed by atoms with Gasteiger partial charge in [0.15, 0.2) is 0 Å². The van der Waals surface area contributed by atoms with E-state index in [2.05, 4.69) is 31.0 Å². The van der Waals surface area contributed by atoms with Crippen LogP contribution >= 0.6 is 27.5 Å². The van der Waals surface area contributed by atoms with Gasteiger partial charge in [-0.1, -0.05) is 33.6 Å². The molecule has 1 amide bonds. The Balaban J connectivity index is 1.51. The van der Waals surface area contributed by atoms with E-state index in [1.165, 1.54) is 6.07 Å². The van der Waals surface area contributed by atoms with Gasteiger partial charge >= 0.3 is 0 Å². The molecule has 1 N–H and O–H groups in total. The van der Waals surface area contributed by atoms with Crippen molar-refractivity contribution in [2.45, 2.75) is 0 Å². The lowest BCUT2D eigenvalue weighted by atomic mass is 10.2. The lowest BCUT2D eigenvalue weighted by molar-refractivity contribution is -0.117. The second-order valence-corrected chi connectivity index (χ2v) is 7.27. The third-order valence-corrected chi connectivity index (χ3v) is 4.85. The second kappa shape index (κ2) is 8.17. The van der Waals surface area contributed by atoms with Crippen LogP contribution in [0.4, 0.5) is 15.8 Å². The van der Waals surface area contributed by atoms with Crippen LogP contribution in [0.25, 0.3) is 0 Å². The fourth-order valence-corrected chi connectivity index (χ4v) is 3.34. The first-order valence-corrected chi connectivity index (χ1v) is 9.16. The molecule has 0 saturated carbocycles. The summed E-state index contributed by atoms with van der Waals surface area (Å²) in [5.74, 6) is -0.661. The van der Waals surface area contributed by atoms with Crippen LogP contribution < -0.4 is 10.2 Å². The maximum absolute atomic E-state index is 13.8. The van der Waals surface area contributed by atoms with E-state index in [1.807, 2.05) is 24.3 Å². The molecule has 0 spiro atoms. The van der Waals surface area contributed by atoms with Crippen molar-refractivity contribution in [3.8, 4) is 0 Å². The standard InChI is InChI=1S/C18H18BrClFN3O/c19-13-4-5-17(16(21)10-13)22-18(25)12-23-6-8-24(9-7-23)15-3-1-2-14(20)11-15/h1-5,10-11H,6-9,12H2,(H,22,25). The molecule has 1 heterocycles. The molecule has 0 atom stereocenters. The molecule has 25 heavy (non-hydrogen) atoms. The fraction of sp³-hybridized carbons (Fsp3) is 0.278. The molecule has 0 unspecified atom stereocenters. The first kappa shape index (κ1) is 18.2. The summed E-state index contributed by atoms with van der Waals surface area (Å²) in [5, 5.41) is 3.35. The number of hydrogen-bond acceptors (Lipinski definition) is 3. The third-order valence-electron chi connectivity index (χ3n) is 4.12. The number of nitrogens with zero attached hydrogens (tertiary/aromatic N) is 2. The largest absolute Gasteiger partial charge is 0.369 e. The van der Waals surface area contributed by atoms with Gasteiger partial charge in [-0.05, 0) is 36.4 Å². The normalized spacial score (nSPS) is 15.2. The van der Waals surface area contributed by atoms with E-state index in [4.69, 9.17) is 11.6 Å². The second-order valence-electron chi connectivity index (χ2n) is 5.92. The molecular weight excluding hydrogens is 409 g/mol. The molecule has 2 aromatic carbocycles. The van der Waals surface area contributed by atoms with Crippen molar-refractivity contribution >= 4 is 44.8 Å². The van der Waals surface area contributed by atoms with Crippen LogP contribution in [-0.4, -0.2) is 43.5 Å². The number of hydrogen-bond donors (Lipinski definition) is 1. The molecule has 1 aliphatic rings.